The van der Waals surface area contributed by atoms with E-state index < -0.39 is 0 Å². The summed E-state index contributed by atoms with van der Waals surface area (Å²) in [6, 6.07) is 9.49. The minimum atomic E-state index is 0.822. The van der Waals surface area contributed by atoms with Gasteiger partial charge in [-0.25, -0.2) is 0 Å². The fourth-order valence-electron chi connectivity index (χ4n) is 1.13. The van der Waals surface area contributed by atoms with Crippen LogP contribution < -0.4 is 5.73 Å². The van der Waals surface area contributed by atoms with Gasteiger partial charge in [0.15, 0.2) is 0 Å². The molecule has 0 heterocycles. The maximum absolute atomic E-state index is 5.36. The summed E-state index contributed by atoms with van der Waals surface area (Å²) in [5, 5.41) is 0. The van der Waals surface area contributed by atoms with E-state index in [1.807, 2.05) is 30.3 Å². The molecular formula is C13H23N. The molecule has 2 N–H and O–H groups in total. The molecule has 0 fully saturated rings. The maximum Gasteiger partial charge on any atom is 0.0313 e. The van der Waals surface area contributed by atoms with Crippen molar-refractivity contribution in [2.45, 2.75) is 46.0 Å². The van der Waals surface area contributed by atoms with Crippen molar-refractivity contribution in [3.05, 3.63) is 30.3 Å². The lowest BCUT2D eigenvalue weighted by Crippen LogP contribution is -1.79. The van der Waals surface area contributed by atoms with E-state index in [4.69, 9.17) is 5.73 Å². The number of anilines is 1. The molecule has 1 nitrogen and oxygen atoms in total. The summed E-state index contributed by atoms with van der Waals surface area (Å²) in [6.45, 7) is 4.49. The third kappa shape index (κ3) is 9.11. The van der Waals surface area contributed by atoms with Crippen LogP contribution in [-0.4, -0.2) is 0 Å². The van der Waals surface area contributed by atoms with E-state index in [0.29, 0.717) is 0 Å². The van der Waals surface area contributed by atoms with Gasteiger partial charge < -0.3 is 5.73 Å². The zero-order valence-electron chi connectivity index (χ0n) is 9.50. The highest BCUT2D eigenvalue weighted by Crippen LogP contribution is 2.00. The highest BCUT2D eigenvalue weighted by Gasteiger charge is 1.80. The zero-order valence-corrected chi connectivity index (χ0v) is 9.50. The molecule has 0 aromatic heterocycles. The first-order valence-corrected chi connectivity index (χ1v) is 5.61. The molecule has 0 spiro atoms. The van der Waals surface area contributed by atoms with Crippen LogP contribution in [0.4, 0.5) is 5.69 Å². The van der Waals surface area contributed by atoms with E-state index in [-0.39, 0.29) is 0 Å². The van der Waals surface area contributed by atoms with Crippen LogP contribution in [-0.2, 0) is 0 Å². The van der Waals surface area contributed by atoms with Gasteiger partial charge in [0.1, 0.15) is 0 Å². The molecule has 0 aliphatic rings. The van der Waals surface area contributed by atoms with E-state index in [1.165, 1.54) is 32.1 Å². The minimum absolute atomic E-state index is 0.822. The van der Waals surface area contributed by atoms with Gasteiger partial charge in [0, 0.05) is 5.69 Å². The number of unbranched alkanes of at least 4 members (excludes halogenated alkanes) is 4. The first-order valence-electron chi connectivity index (χ1n) is 5.61. The van der Waals surface area contributed by atoms with Crippen LogP contribution in [0.2, 0.25) is 0 Å². The second-order valence-corrected chi connectivity index (χ2v) is 3.47. The van der Waals surface area contributed by atoms with Crippen LogP contribution in [0.1, 0.15) is 46.0 Å². The Labute approximate surface area is 88.3 Å². The molecule has 0 aliphatic heterocycles. The Hall–Kier alpha value is -0.980. The molecule has 0 amide bonds. The number of nitrogens with two attached hydrogens (primary N) is 1. The van der Waals surface area contributed by atoms with Crippen molar-refractivity contribution in [3.8, 4) is 0 Å². The van der Waals surface area contributed by atoms with Crippen LogP contribution in [0, 0.1) is 0 Å². The SMILES string of the molecule is CCCCCCC.Nc1ccccc1. The Morgan fingerprint density at radius 1 is 0.857 bits per heavy atom. The zero-order chi connectivity index (χ0) is 10.6. The number of para-hydroxylation sites is 1. The topological polar surface area (TPSA) is 26.0 Å². The molecule has 1 aromatic rings. The summed E-state index contributed by atoms with van der Waals surface area (Å²) < 4.78 is 0. The predicted octanol–water partition coefficient (Wildman–Crippen LogP) is 4.25. The molecule has 1 rings (SSSR count). The number of benzene rings is 1. The van der Waals surface area contributed by atoms with E-state index in [0.717, 1.165) is 5.69 Å². The van der Waals surface area contributed by atoms with Crippen molar-refractivity contribution < 1.29 is 0 Å². The molecule has 14 heavy (non-hydrogen) atoms. The van der Waals surface area contributed by atoms with E-state index >= 15 is 0 Å². The van der Waals surface area contributed by atoms with Crippen LogP contribution in [0.5, 0.6) is 0 Å². The molecule has 0 radical (unpaired) electrons. The first kappa shape index (κ1) is 13.0. The van der Waals surface area contributed by atoms with Gasteiger partial charge in [-0.15, -0.1) is 0 Å². The number of rotatable bonds is 4. The van der Waals surface area contributed by atoms with Crippen molar-refractivity contribution in [2.24, 2.45) is 0 Å². The van der Waals surface area contributed by atoms with E-state index in [2.05, 4.69) is 13.8 Å². The van der Waals surface area contributed by atoms with Crippen molar-refractivity contribution in [3.63, 3.8) is 0 Å². The minimum Gasteiger partial charge on any atom is -0.399 e. The molecule has 0 atom stereocenters. The summed E-state index contributed by atoms with van der Waals surface area (Å²) in [4.78, 5) is 0. The van der Waals surface area contributed by atoms with Gasteiger partial charge in [0.05, 0.1) is 0 Å². The van der Waals surface area contributed by atoms with Gasteiger partial charge in [0.2, 0.25) is 0 Å². The molecule has 0 aliphatic carbocycles. The number of nitrogen functional groups attached to an aromatic ring is 1. The largest absolute Gasteiger partial charge is 0.399 e. The second kappa shape index (κ2) is 10.1. The van der Waals surface area contributed by atoms with Crippen molar-refractivity contribution in [1.29, 1.82) is 0 Å². The van der Waals surface area contributed by atoms with E-state index in [9.17, 15) is 0 Å². The van der Waals surface area contributed by atoms with Gasteiger partial charge in [0.25, 0.3) is 0 Å². The van der Waals surface area contributed by atoms with Gasteiger partial charge in [-0.3, -0.25) is 0 Å². The monoisotopic (exact) mass is 193 g/mol. The average Bonchev–Trinajstić information content (AvgIpc) is 2.21. The highest BCUT2D eigenvalue weighted by atomic mass is 14.5. The lowest BCUT2D eigenvalue weighted by Gasteiger charge is -1.90. The number of hydrogen-bond donors (Lipinski definition) is 1. The Morgan fingerprint density at radius 3 is 1.64 bits per heavy atom. The quantitative estimate of drug-likeness (QED) is 0.561. The third-order valence-corrected chi connectivity index (χ3v) is 2.01. The molecule has 0 bridgehead atoms. The first-order chi connectivity index (χ1) is 6.81. The van der Waals surface area contributed by atoms with Crippen LogP contribution >= 0.6 is 0 Å². The van der Waals surface area contributed by atoms with Crippen LogP contribution in [0.3, 0.4) is 0 Å². The normalized spacial score (nSPS) is 9.00. The lowest BCUT2D eigenvalue weighted by atomic mass is 10.2. The molecule has 80 valence electrons. The highest BCUT2D eigenvalue weighted by molar-refractivity contribution is 5.35. The molecule has 0 unspecified atom stereocenters. The Morgan fingerprint density at radius 2 is 1.36 bits per heavy atom. The number of hydrogen-bond acceptors (Lipinski definition) is 1. The predicted molar refractivity (Wildman–Crippen MR) is 65.3 cm³/mol. The molecule has 1 aromatic carbocycles. The summed E-state index contributed by atoms with van der Waals surface area (Å²) >= 11 is 0. The fraction of sp³-hybridized carbons (Fsp3) is 0.538. The third-order valence-electron chi connectivity index (χ3n) is 2.01. The maximum atomic E-state index is 5.36. The fourth-order valence-corrected chi connectivity index (χ4v) is 1.13. The van der Waals surface area contributed by atoms with Gasteiger partial charge in [-0.05, 0) is 12.1 Å². The van der Waals surface area contributed by atoms with Crippen molar-refractivity contribution >= 4 is 5.69 Å². The Balaban J connectivity index is 0.000000241. The molecular weight excluding hydrogens is 170 g/mol. The summed E-state index contributed by atoms with van der Waals surface area (Å²) in [6.07, 6.45) is 7.01. The Bertz CT molecular complexity index is 190. The Kier molecular flexibility index (Phi) is 9.40. The molecule has 0 saturated carbocycles. The standard InChI is InChI=1S/C7H16.C6H7N/c1-3-5-7-6-4-2;7-6-4-2-1-3-5-6/h3-7H2,1-2H3;1-5H,7H2. The summed E-state index contributed by atoms with van der Waals surface area (Å²) in [5.41, 5.74) is 6.18. The van der Waals surface area contributed by atoms with Crippen molar-refractivity contribution in [2.75, 3.05) is 5.73 Å². The van der Waals surface area contributed by atoms with Crippen molar-refractivity contribution in [1.82, 2.24) is 0 Å². The van der Waals surface area contributed by atoms with Crippen LogP contribution in [0.25, 0.3) is 0 Å². The van der Waals surface area contributed by atoms with Gasteiger partial charge in [-0.2, -0.15) is 0 Å². The summed E-state index contributed by atoms with van der Waals surface area (Å²) in [7, 11) is 0. The second-order valence-electron chi connectivity index (χ2n) is 3.47. The van der Waals surface area contributed by atoms with Crippen LogP contribution in [0.15, 0.2) is 30.3 Å². The van der Waals surface area contributed by atoms with Gasteiger partial charge >= 0.3 is 0 Å². The lowest BCUT2D eigenvalue weighted by molar-refractivity contribution is 0.656. The van der Waals surface area contributed by atoms with Gasteiger partial charge in [-0.1, -0.05) is 64.2 Å². The summed E-state index contributed by atoms with van der Waals surface area (Å²) in [5.74, 6) is 0. The smallest absolute Gasteiger partial charge is 0.0313 e. The average molecular weight is 193 g/mol. The molecule has 1 heteroatoms. The van der Waals surface area contributed by atoms with E-state index in [1.54, 1.807) is 0 Å². The molecule has 0 saturated heterocycles.